The lowest BCUT2D eigenvalue weighted by molar-refractivity contribution is -0.274. The summed E-state index contributed by atoms with van der Waals surface area (Å²) in [5, 5.41) is 7.55. The molecule has 11 heteroatoms. The van der Waals surface area contributed by atoms with Gasteiger partial charge in [-0.25, -0.2) is 15.0 Å². The van der Waals surface area contributed by atoms with Crippen molar-refractivity contribution < 1.29 is 22.7 Å². The minimum absolute atomic E-state index is 0.132. The molecule has 0 unspecified atom stereocenters. The Labute approximate surface area is 155 Å². The molecule has 0 spiro atoms. The second-order valence-corrected chi connectivity index (χ2v) is 5.97. The summed E-state index contributed by atoms with van der Waals surface area (Å²) in [5.74, 6) is -0.375. The monoisotopic (exact) mass is 395 g/mol. The summed E-state index contributed by atoms with van der Waals surface area (Å²) in [5.41, 5.74) is 0.819. The Kier molecular flexibility index (Phi) is 5.50. The molecule has 0 saturated carbocycles. The van der Waals surface area contributed by atoms with Crippen LogP contribution in [0.5, 0.6) is 5.75 Å². The number of hydrogen-bond donors (Lipinski definition) is 2. The quantitative estimate of drug-likeness (QED) is 0.664. The average molecular weight is 395 g/mol. The fraction of sp³-hybridized carbons (Fsp3) is 0.125. The maximum absolute atomic E-state index is 12.1. The fourth-order valence-electron chi connectivity index (χ4n) is 1.98. The molecule has 0 atom stereocenters. The summed E-state index contributed by atoms with van der Waals surface area (Å²) in [6.07, 6.45) is -1.60. The Morgan fingerprint density at radius 3 is 2.52 bits per heavy atom. The SMILES string of the molecule is O=C(NCc1ccc(OC(F)(F)F)cc1)c1csc(Nc2ncccn2)n1. The van der Waals surface area contributed by atoms with E-state index >= 15 is 0 Å². The smallest absolute Gasteiger partial charge is 0.406 e. The van der Waals surface area contributed by atoms with E-state index < -0.39 is 12.3 Å². The highest BCUT2D eigenvalue weighted by atomic mass is 32.1. The van der Waals surface area contributed by atoms with Crippen LogP contribution in [0, 0.1) is 0 Å². The number of nitrogens with zero attached hydrogens (tertiary/aromatic N) is 3. The van der Waals surface area contributed by atoms with Crippen LogP contribution in [-0.4, -0.2) is 27.2 Å². The predicted molar refractivity (Wildman–Crippen MR) is 91.7 cm³/mol. The van der Waals surface area contributed by atoms with Gasteiger partial charge < -0.3 is 15.4 Å². The van der Waals surface area contributed by atoms with Gasteiger partial charge in [0.2, 0.25) is 5.95 Å². The van der Waals surface area contributed by atoms with Gasteiger partial charge >= 0.3 is 6.36 Å². The van der Waals surface area contributed by atoms with Crippen LogP contribution in [0.4, 0.5) is 24.3 Å². The van der Waals surface area contributed by atoms with Gasteiger partial charge in [-0.1, -0.05) is 12.1 Å². The minimum atomic E-state index is -4.74. The number of anilines is 2. The highest BCUT2D eigenvalue weighted by Gasteiger charge is 2.30. The van der Waals surface area contributed by atoms with Crippen LogP contribution in [0.15, 0.2) is 48.1 Å². The number of amides is 1. The first-order valence-electron chi connectivity index (χ1n) is 7.51. The summed E-state index contributed by atoms with van der Waals surface area (Å²) in [4.78, 5) is 24.3. The molecule has 2 N–H and O–H groups in total. The van der Waals surface area contributed by atoms with Crippen LogP contribution < -0.4 is 15.4 Å². The highest BCUT2D eigenvalue weighted by molar-refractivity contribution is 7.14. The number of nitrogens with one attached hydrogen (secondary N) is 2. The van der Waals surface area contributed by atoms with Gasteiger partial charge in [0.1, 0.15) is 11.4 Å². The third kappa shape index (κ3) is 5.64. The van der Waals surface area contributed by atoms with Gasteiger partial charge in [0, 0.05) is 24.3 Å². The van der Waals surface area contributed by atoms with Gasteiger partial charge in [-0.2, -0.15) is 0 Å². The van der Waals surface area contributed by atoms with Gasteiger partial charge in [-0.3, -0.25) is 4.79 Å². The van der Waals surface area contributed by atoms with E-state index in [2.05, 4.69) is 30.3 Å². The molecule has 0 aliphatic carbocycles. The van der Waals surface area contributed by atoms with Crippen molar-refractivity contribution in [2.24, 2.45) is 0 Å². The topological polar surface area (TPSA) is 89.0 Å². The molecule has 27 heavy (non-hydrogen) atoms. The van der Waals surface area contributed by atoms with E-state index in [0.29, 0.717) is 16.6 Å². The average Bonchev–Trinajstić information content (AvgIpc) is 3.09. The molecule has 3 aromatic rings. The Hall–Kier alpha value is -3.21. The summed E-state index contributed by atoms with van der Waals surface area (Å²) in [6.45, 7) is 0.132. The van der Waals surface area contributed by atoms with E-state index in [1.54, 1.807) is 23.8 Å². The molecule has 3 rings (SSSR count). The van der Waals surface area contributed by atoms with Crippen molar-refractivity contribution in [1.29, 1.82) is 0 Å². The Balaban J connectivity index is 1.53. The summed E-state index contributed by atoms with van der Waals surface area (Å²) in [6, 6.07) is 6.90. The lowest BCUT2D eigenvalue weighted by Crippen LogP contribution is -2.23. The van der Waals surface area contributed by atoms with Crippen molar-refractivity contribution in [2.45, 2.75) is 12.9 Å². The number of carbonyl (C=O) groups excluding carboxylic acids is 1. The molecule has 1 aromatic carbocycles. The maximum Gasteiger partial charge on any atom is 0.573 e. The van der Waals surface area contributed by atoms with Crippen LogP contribution in [0.25, 0.3) is 0 Å². The number of carbonyl (C=O) groups is 1. The minimum Gasteiger partial charge on any atom is -0.406 e. The van der Waals surface area contributed by atoms with Gasteiger partial charge in [0.15, 0.2) is 5.13 Å². The first-order chi connectivity index (χ1) is 12.9. The van der Waals surface area contributed by atoms with Gasteiger partial charge in [-0.05, 0) is 23.8 Å². The third-order valence-corrected chi connectivity index (χ3v) is 3.89. The van der Waals surface area contributed by atoms with E-state index in [-0.39, 0.29) is 18.0 Å². The van der Waals surface area contributed by atoms with Crippen LogP contribution in [0.1, 0.15) is 16.1 Å². The lowest BCUT2D eigenvalue weighted by Gasteiger charge is -2.09. The van der Waals surface area contributed by atoms with Crippen molar-refractivity contribution in [2.75, 3.05) is 5.32 Å². The lowest BCUT2D eigenvalue weighted by atomic mass is 10.2. The van der Waals surface area contributed by atoms with Crippen LogP contribution >= 0.6 is 11.3 Å². The number of rotatable bonds is 6. The summed E-state index contributed by atoms with van der Waals surface area (Å²) in [7, 11) is 0. The normalized spacial score (nSPS) is 11.1. The number of hydrogen-bond acceptors (Lipinski definition) is 7. The number of ether oxygens (including phenoxy) is 1. The number of aromatic nitrogens is 3. The van der Waals surface area contributed by atoms with Crippen LogP contribution in [0.3, 0.4) is 0 Å². The van der Waals surface area contributed by atoms with E-state index in [1.807, 2.05) is 0 Å². The summed E-state index contributed by atoms with van der Waals surface area (Å²) < 4.78 is 40.2. The zero-order valence-corrected chi connectivity index (χ0v) is 14.3. The van der Waals surface area contributed by atoms with Crippen molar-refractivity contribution in [1.82, 2.24) is 20.3 Å². The molecular weight excluding hydrogens is 383 g/mol. The summed E-state index contributed by atoms with van der Waals surface area (Å²) >= 11 is 1.22. The molecule has 0 bridgehead atoms. The highest BCUT2D eigenvalue weighted by Crippen LogP contribution is 2.23. The van der Waals surface area contributed by atoms with Gasteiger partial charge in [0.05, 0.1) is 0 Å². The molecular formula is C16H12F3N5O2S. The molecule has 0 saturated heterocycles. The van der Waals surface area contributed by atoms with E-state index in [9.17, 15) is 18.0 Å². The molecule has 140 valence electrons. The van der Waals surface area contributed by atoms with Crippen LogP contribution in [0.2, 0.25) is 0 Å². The Morgan fingerprint density at radius 2 is 1.85 bits per heavy atom. The first-order valence-corrected chi connectivity index (χ1v) is 8.39. The van der Waals surface area contributed by atoms with Crippen molar-refractivity contribution in [3.8, 4) is 5.75 Å². The second-order valence-electron chi connectivity index (χ2n) is 5.11. The molecule has 2 heterocycles. The standard InChI is InChI=1S/C16H12F3N5O2S/c17-16(18,19)26-11-4-2-10(3-5-11)8-22-13(25)12-9-27-15(23-12)24-14-20-6-1-7-21-14/h1-7,9H,8H2,(H,22,25)(H,20,21,23,24). The molecule has 2 aromatic heterocycles. The number of alkyl halides is 3. The van der Waals surface area contributed by atoms with Gasteiger partial charge in [0.25, 0.3) is 5.91 Å². The molecule has 1 amide bonds. The number of halogens is 3. The zero-order chi connectivity index (χ0) is 19.3. The zero-order valence-electron chi connectivity index (χ0n) is 13.5. The molecule has 7 nitrogen and oxygen atoms in total. The molecule has 0 aliphatic heterocycles. The second kappa shape index (κ2) is 7.99. The molecule has 0 fully saturated rings. The third-order valence-electron chi connectivity index (χ3n) is 3.13. The Morgan fingerprint density at radius 1 is 1.15 bits per heavy atom. The van der Waals surface area contributed by atoms with E-state index in [4.69, 9.17) is 0 Å². The van der Waals surface area contributed by atoms with E-state index in [0.717, 1.165) is 0 Å². The fourth-order valence-corrected chi connectivity index (χ4v) is 2.66. The van der Waals surface area contributed by atoms with E-state index in [1.165, 1.54) is 35.6 Å². The first kappa shape index (κ1) is 18.6. The van der Waals surface area contributed by atoms with Crippen molar-refractivity contribution in [3.63, 3.8) is 0 Å². The molecule has 0 radical (unpaired) electrons. The molecule has 0 aliphatic rings. The number of benzene rings is 1. The van der Waals surface area contributed by atoms with Crippen molar-refractivity contribution in [3.05, 3.63) is 59.4 Å². The van der Waals surface area contributed by atoms with Crippen molar-refractivity contribution >= 4 is 28.3 Å². The van der Waals surface area contributed by atoms with Crippen LogP contribution in [-0.2, 0) is 6.54 Å². The largest absolute Gasteiger partial charge is 0.573 e. The van der Waals surface area contributed by atoms with Gasteiger partial charge in [-0.15, -0.1) is 24.5 Å². The maximum atomic E-state index is 12.1. The number of thiazole rings is 1. The Bertz CT molecular complexity index is 900. The predicted octanol–water partition coefficient (Wildman–Crippen LogP) is 3.51.